The number of carbonyl (C=O) groups is 3. The molecule has 1 aromatic carbocycles. The Morgan fingerprint density at radius 3 is 2.44 bits per heavy atom. The van der Waals surface area contributed by atoms with Crippen LogP contribution in [-0.2, 0) is 9.59 Å². The number of benzene rings is 1. The zero-order valence-corrected chi connectivity index (χ0v) is 12.9. The van der Waals surface area contributed by atoms with Crippen molar-refractivity contribution in [3.05, 3.63) is 57.8 Å². The number of non-ortho nitro benzene ring substituents is 1. The molecule has 1 aromatic heterocycles. The first-order valence-corrected chi connectivity index (χ1v) is 7.06. The second-order valence-corrected chi connectivity index (χ2v) is 5.19. The van der Waals surface area contributed by atoms with E-state index in [0.717, 1.165) is 4.90 Å². The third-order valence-corrected chi connectivity index (χ3v) is 3.58. The first-order chi connectivity index (χ1) is 11.9. The Bertz CT molecular complexity index is 926. The number of furan rings is 1. The molecule has 0 atom stereocenters. The van der Waals surface area contributed by atoms with Crippen molar-refractivity contribution < 1.29 is 23.7 Å². The van der Waals surface area contributed by atoms with Crippen LogP contribution in [0.25, 0.3) is 17.4 Å². The van der Waals surface area contributed by atoms with Crippen molar-refractivity contribution in [2.24, 2.45) is 0 Å². The summed E-state index contributed by atoms with van der Waals surface area (Å²) in [5.41, 5.74) is 0.323. The Morgan fingerprint density at radius 1 is 1.12 bits per heavy atom. The number of carbonyl (C=O) groups excluding carboxylic acids is 3. The van der Waals surface area contributed by atoms with Gasteiger partial charge in [0.05, 0.1) is 4.92 Å². The molecule has 2 aromatic rings. The second kappa shape index (κ2) is 6.04. The first kappa shape index (κ1) is 16.1. The van der Waals surface area contributed by atoms with Gasteiger partial charge >= 0.3 is 6.03 Å². The maximum Gasteiger partial charge on any atom is 0.331 e. The maximum absolute atomic E-state index is 12.0. The molecule has 4 amide bonds. The number of imide groups is 2. The highest BCUT2D eigenvalue weighted by Crippen LogP contribution is 2.26. The van der Waals surface area contributed by atoms with Crippen molar-refractivity contribution >= 4 is 29.6 Å². The summed E-state index contributed by atoms with van der Waals surface area (Å²) in [6.07, 6.45) is 1.23. The quantitative estimate of drug-likeness (QED) is 0.394. The Balaban J connectivity index is 1.88. The van der Waals surface area contributed by atoms with E-state index in [1.165, 1.54) is 37.4 Å². The SMILES string of the molecule is CN1C(=O)NC(=O)/C(=C\c2ccc(-c3ccc([N+](=O)[O-])cc3)o2)C1=O. The largest absolute Gasteiger partial charge is 0.457 e. The van der Waals surface area contributed by atoms with Gasteiger partial charge in [0.1, 0.15) is 17.1 Å². The molecule has 9 heteroatoms. The molecule has 0 saturated carbocycles. The zero-order chi connectivity index (χ0) is 18.1. The molecule has 1 aliphatic rings. The van der Waals surface area contributed by atoms with E-state index in [1.54, 1.807) is 12.1 Å². The third-order valence-electron chi connectivity index (χ3n) is 3.58. The number of nitrogens with one attached hydrogen (secondary N) is 1. The van der Waals surface area contributed by atoms with Crippen LogP contribution in [0.15, 0.2) is 46.4 Å². The first-order valence-electron chi connectivity index (χ1n) is 7.06. The smallest absolute Gasteiger partial charge is 0.331 e. The summed E-state index contributed by atoms with van der Waals surface area (Å²) in [5.74, 6) is -0.895. The predicted octanol–water partition coefficient (Wildman–Crippen LogP) is 1.95. The molecule has 1 aliphatic heterocycles. The molecule has 25 heavy (non-hydrogen) atoms. The summed E-state index contributed by atoms with van der Waals surface area (Å²) in [6, 6.07) is 8.09. The summed E-state index contributed by atoms with van der Waals surface area (Å²) >= 11 is 0. The van der Waals surface area contributed by atoms with Crippen LogP contribution >= 0.6 is 0 Å². The molecule has 0 aliphatic carbocycles. The van der Waals surface area contributed by atoms with E-state index in [0.29, 0.717) is 11.3 Å². The lowest BCUT2D eigenvalue weighted by Crippen LogP contribution is -2.52. The van der Waals surface area contributed by atoms with Gasteiger partial charge in [-0.1, -0.05) is 0 Å². The maximum atomic E-state index is 12.0. The Labute approximate surface area is 140 Å². The fraction of sp³-hybridized carbons (Fsp3) is 0.0625. The molecule has 0 unspecified atom stereocenters. The topological polar surface area (TPSA) is 123 Å². The van der Waals surface area contributed by atoms with Gasteiger partial charge in [-0.25, -0.2) is 4.79 Å². The van der Waals surface area contributed by atoms with Crippen molar-refractivity contribution in [3.63, 3.8) is 0 Å². The van der Waals surface area contributed by atoms with Crippen LogP contribution in [0.2, 0.25) is 0 Å². The minimum Gasteiger partial charge on any atom is -0.457 e. The van der Waals surface area contributed by atoms with Gasteiger partial charge in [-0.15, -0.1) is 0 Å². The van der Waals surface area contributed by atoms with E-state index in [-0.39, 0.29) is 17.0 Å². The molecule has 0 spiro atoms. The Hall–Kier alpha value is -3.75. The van der Waals surface area contributed by atoms with Gasteiger partial charge in [-0.2, -0.15) is 0 Å². The number of urea groups is 1. The summed E-state index contributed by atoms with van der Waals surface area (Å²) in [7, 11) is 1.25. The highest BCUT2D eigenvalue weighted by Gasteiger charge is 2.33. The number of hydrogen-bond donors (Lipinski definition) is 1. The van der Waals surface area contributed by atoms with Crippen LogP contribution < -0.4 is 5.32 Å². The molecule has 1 N–H and O–H groups in total. The molecule has 0 bridgehead atoms. The average Bonchev–Trinajstić information content (AvgIpc) is 3.05. The van der Waals surface area contributed by atoms with Crippen LogP contribution in [0.1, 0.15) is 5.76 Å². The van der Waals surface area contributed by atoms with Crippen LogP contribution in [-0.4, -0.2) is 34.7 Å². The highest BCUT2D eigenvalue weighted by atomic mass is 16.6. The van der Waals surface area contributed by atoms with E-state index < -0.39 is 22.8 Å². The van der Waals surface area contributed by atoms with Crippen molar-refractivity contribution in [1.82, 2.24) is 10.2 Å². The van der Waals surface area contributed by atoms with Crippen LogP contribution in [0, 0.1) is 10.1 Å². The molecule has 0 radical (unpaired) electrons. The number of nitro benzene ring substituents is 1. The number of nitrogens with zero attached hydrogens (tertiary/aromatic N) is 2. The van der Waals surface area contributed by atoms with E-state index in [9.17, 15) is 24.5 Å². The van der Waals surface area contributed by atoms with Crippen molar-refractivity contribution in [1.29, 1.82) is 0 Å². The lowest BCUT2D eigenvalue weighted by molar-refractivity contribution is -0.384. The fourth-order valence-corrected chi connectivity index (χ4v) is 2.22. The lowest BCUT2D eigenvalue weighted by atomic mass is 10.1. The Morgan fingerprint density at radius 2 is 1.80 bits per heavy atom. The van der Waals surface area contributed by atoms with Crippen molar-refractivity contribution in [2.45, 2.75) is 0 Å². The van der Waals surface area contributed by atoms with Gasteiger partial charge in [0.2, 0.25) is 0 Å². The van der Waals surface area contributed by atoms with Gasteiger partial charge in [0.25, 0.3) is 17.5 Å². The molecular formula is C16H11N3O6. The molecule has 2 heterocycles. The number of hydrogen-bond acceptors (Lipinski definition) is 6. The standard InChI is InChI=1S/C16H11N3O6/c1-18-15(21)12(14(20)17-16(18)22)8-11-6-7-13(25-11)9-2-4-10(5-3-9)19(23)24/h2-8H,1H3,(H,17,20,22)/b12-8+. The number of likely N-dealkylation sites (N-methyl/N-ethyl adjacent to an activating group) is 1. The molecule has 9 nitrogen and oxygen atoms in total. The van der Waals surface area contributed by atoms with Crippen LogP contribution in [0.4, 0.5) is 10.5 Å². The molecule has 1 fully saturated rings. The van der Waals surface area contributed by atoms with Crippen molar-refractivity contribution in [2.75, 3.05) is 7.05 Å². The van der Waals surface area contributed by atoms with Gasteiger partial charge in [0, 0.05) is 24.7 Å². The second-order valence-electron chi connectivity index (χ2n) is 5.19. The van der Waals surface area contributed by atoms with Gasteiger partial charge < -0.3 is 4.42 Å². The van der Waals surface area contributed by atoms with Crippen LogP contribution in [0.5, 0.6) is 0 Å². The van der Waals surface area contributed by atoms with E-state index in [4.69, 9.17) is 4.42 Å². The summed E-state index contributed by atoms with van der Waals surface area (Å²) in [5, 5.41) is 12.7. The number of nitro groups is 1. The predicted molar refractivity (Wildman–Crippen MR) is 85.1 cm³/mol. The highest BCUT2D eigenvalue weighted by molar-refractivity contribution is 6.30. The van der Waals surface area contributed by atoms with E-state index in [2.05, 4.69) is 0 Å². The summed E-state index contributed by atoms with van der Waals surface area (Å²) in [4.78, 5) is 46.1. The molecule has 1 saturated heterocycles. The normalized spacial score (nSPS) is 16.3. The molecular weight excluding hydrogens is 330 g/mol. The zero-order valence-electron chi connectivity index (χ0n) is 12.9. The lowest BCUT2D eigenvalue weighted by Gasteiger charge is -2.21. The van der Waals surface area contributed by atoms with Gasteiger partial charge in [0.15, 0.2) is 0 Å². The van der Waals surface area contributed by atoms with Gasteiger partial charge in [-0.3, -0.25) is 29.9 Å². The number of barbiturate groups is 1. The summed E-state index contributed by atoms with van der Waals surface area (Å²) in [6.45, 7) is 0. The monoisotopic (exact) mass is 341 g/mol. The van der Waals surface area contributed by atoms with E-state index in [1.807, 2.05) is 5.32 Å². The Kier molecular flexibility index (Phi) is 3.89. The minimum absolute atomic E-state index is 0.0465. The minimum atomic E-state index is -0.804. The number of amides is 4. The average molecular weight is 341 g/mol. The third kappa shape index (κ3) is 3.02. The fourth-order valence-electron chi connectivity index (χ4n) is 2.22. The van der Waals surface area contributed by atoms with Crippen molar-refractivity contribution in [3.8, 4) is 11.3 Å². The van der Waals surface area contributed by atoms with Crippen LogP contribution in [0.3, 0.4) is 0 Å². The van der Waals surface area contributed by atoms with Gasteiger partial charge in [-0.05, 0) is 30.3 Å². The number of rotatable bonds is 3. The summed E-state index contributed by atoms with van der Waals surface area (Å²) < 4.78 is 5.55. The molecule has 126 valence electrons. The van der Waals surface area contributed by atoms with E-state index >= 15 is 0 Å². The molecule has 3 rings (SSSR count).